The highest BCUT2D eigenvalue weighted by Gasteiger charge is 2.25. The normalized spacial score (nSPS) is 14.7. The molecule has 138 valence electrons. The Labute approximate surface area is 157 Å². The number of aliphatic hydroxyl groups excluding tert-OH is 1. The van der Waals surface area contributed by atoms with Crippen molar-refractivity contribution in [2.24, 2.45) is 0 Å². The maximum absolute atomic E-state index is 12.9. The molecule has 0 unspecified atom stereocenters. The van der Waals surface area contributed by atoms with E-state index in [1.54, 1.807) is 17.0 Å². The van der Waals surface area contributed by atoms with Gasteiger partial charge in [-0.25, -0.2) is 4.98 Å². The first-order chi connectivity index (χ1) is 13.1. The molecule has 1 aliphatic rings. The summed E-state index contributed by atoms with van der Waals surface area (Å²) in [6.07, 6.45) is 3.61. The van der Waals surface area contributed by atoms with Crippen molar-refractivity contribution >= 4 is 5.95 Å². The maximum Gasteiger partial charge on any atom is 0.258 e. The van der Waals surface area contributed by atoms with Crippen LogP contribution in [0.15, 0.2) is 59.7 Å². The molecule has 0 fully saturated rings. The van der Waals surface area contributed by atoms with Gasteiger partial charge in [-0.15, -0.1) is 0 Å². The van der Waals surface area contributed by atoms with Gasteiger partial charge in [0.25, 0.3) is 5.56 Å². The van der Waals surface area contributed by atoms with Crippen molar-refractivity contribution in [1.82, 2.24) is 14.5 Å². The third kappa shape index (κ3) is 3.36. The van der Waals surface area contributed by atoms with Gasteiger partial charge in [-0.05, 0) is 31.0 Å². The molecule has 1 aromatic carbocycles. The third-order valence-corrected chi connectivity index (χ3v) is 5.00. The molecular formula is C21H22N4O2. The summed E-state index contributed by atoms with van der Waals surface area (Å²) in [5.74, 6) is 0.624. The summed E-state index contributed by atoms with van der Waals surface area (Å²) < 4.78 is 1.72. The predicted molar refractivity (Wildman–Crippen MR) is 105 cm³/mol. The second-order valence-corrected chi connectivity index (χ2v) is 6.80. The Morgan fingerprint density at radius 1 is 1.11 bits per heavy atom. The number of benzene rings is 1. The Morgan fingerprint density at radius 3 is 2.59 bits per heavy atom. The Kier molecular flexibility index (Phi) is 4.73. The number of aliphatic hydroxyl groups is 1. The average molecular weight is 362 g/mol. The summed E-state index contributed by atoms with van der Waals surface area (Å²) in [5, 5.41) is 10.6. The van der Waals surface area contributed by atoms with Crippen LogP contribution in [-0.4, -0.2) is 32.7 Å². The number of anilines is 1. The van der Waals surface area contributed by atoms with Gasteiger partial charge in [0.15, 0.2) is 0 Å². The SMILES string of the molecule is Cc1c(-c2ccncc2)nc2n(c1=O)CCCN2C[C@H](O)c1ccccc1. The van der Waals surface area contributed by atoms with Crippen molar-refractivity contribution in [3.05, 3.63) is 76.3 Å². The zero-order chi connectivity index (χ0) is 18.8. The van der Waals surface area contributed by atoms with Gasteiger partial charge in [0.1, 0.15) is 0 Å². The molecule has 0 bridgehead atoms. The van der Waals surface area contributed by atoms with Crippen LogP contribution in [0.1, 0.15) is 23.7 Å². The summed E-state index contributed by atoms with van der Waals surface area (Å²) in [6.45, 7) is 3.62. The fraction of sp³-hybridized carbons (Fsp3) is 0.286. The van der Waals surface area contributed by atoms with E-state index in [1.807, 2.05) is 54.3 Å². The van der Waals surface area contributed by atoms with E-state index in [4.69, 9.17) is 4.98 Å². The van der Waals surface area contributed by atoms with Gasteiger partial charge in [-0.1, -0.05) is 30.3 Å². The van der Waals surface area contributed by atoms with Crippen molar-refractivity contribution in [3.63, 3.8) is 0 Å². The van der Waals surface area contributed by atoms with Gasteiger partial charge in [0.05, 0.1) is 18.3 Å². The predicted octanol–water partition coefficient (Wildman–Crippen LogP) is 2.56. The van der Waals surface area contributed by atoms with Crippen molar-refractivity contribution in [2.75, 3.05) is 18.0 Å². The van der Waals surface area contributed by atoms with E-state index in [0.717, 1.165) is 24.1 Å². The van der Waals surface area contributed by atoms with Gasteiger partial charge in [0, 0.05) is 36.6 Å². The van der Waals surface area contributed by atoms with E-state index >= 15 is 0 Å². The number of rotatable bonds is 4. The molecule has 3 aromatic rings. The lowest BCUT2D eigenvalue weighted by atomic mass is 10.1. The van der Waals surface area contributed by atoms with Crippen LogP contribution in [0.3, 0.4) is 0 Å². The highest BCUT2D eigenvalue weighted by Crippen LogP contribution is 2.26. The molecule has 0 saturated heterocycles. The Hall–Kier alpha value is -2.99. The lowest BCUT2D eigenvalue weighted by Crippen LogP contribution is -2.41. The molecule has 0 radical (unpaired) electrons. The molecule has 1 atom stereocenters. The summed E-state index contributed by atoms with van der Waals surface area (Å²) in [6, 6.07) is 13.3. The van der Waals surface area contributed by atoms with Gasteiger partial charge in [-0.3, -0.25) is 14.3 Å². The minimum atomic E-state index is -0.639. The van der Waals surface area contributed by atoms with Crippen LogP contribution >= 0.6 is 0 Å². The van der Waals surface area contributed by atoms with Crippen molar-refractivity contribution in [2.45, 2.75) is 26.0 Å². The smallest absolute Gasteiger partial charge is 0.258 e. The second kappa shape index (κ2) is 7.32. The minimum absolute atomic E-state index is 0.0225. The minimum Gasteiger partial charge on any atom is -0.387 e. The summed E-state index contributed by atoms with van der Waals surface area (Å²) in [4.78, 5) is 23.8. The largest absolute Gasteiger partial charge is 0.387 e. The lowest BCUT2D eigenvalue weighted by Gasteiger charge is -2.33. The summed E-state index contributed by atoms with van der Waals surface area (Å²) in [7, 11) is 0. The fourth-order valence-corrected chi connectivity index (χ4v) is 3.55. The Balaban J connectivity index is 1.73. The van der Waals surface area contributed by atoms with Crippen LogP contribution in [0.2, 0.25) is 0 Å². The van der Waals surface area contributed by atoms with Crippen molar-refractivity contribution in [1.29, 1.82) is 0 Å². The molecule has 2 aromatic heterocycles. The lowest BCUT2D eigenvalue weighted by molar-refractivity contribution is 0.181. The number of hydrogen-bond acceptors (Lipinski definition) is 5. The van der Waals surface area contributed by atoms with Gasteiger partial charge < -0.3 is 10.0 Å². The Bertz CT molecular complexity index is 986. The van der Waals surface area contributed by atoms with Gasteiger partial charge in [0.2, 0.25) is 5.95 Å². The molecule has 0 aliphatic carbocycles. The van der Waals surface area contributed by atoms with E-state index in [1.165, 1.54) is 0 Å². The maximum atomic E-state index is 12.9. The standard InChI is InChI=1S/C21H22N4O2/c1-15-19(17-8-10-22-11-9-17)23-21-24(12-5-13-25(21)20(15)27)14-18(26)16-6-3-2-4-7-16/h2-4,6-11,18,26H,5,12-14H2,1H3/t18-/m0/s1. The number of pyridine rings is 1. The molecule has 27 heavy (non-hydrogen) atoms. The quantitative estimate of drug-likeness (QED) is 0.772. The third-order valence-electron chi connectivity index (χ3n) is 5.00. The highest BCUT2D eigenvalue weighted by molar-refractivity contribution is 5.63. The first-order valence-electron chi connectivity index (χ1n) is 9.15. The number of nitrogens with zero attached hydrogens (tertiary/aromatic N) is 4. The monoisotopic (exact) mass is 362 g/mol. The molecule has 0 amide bonds. The van der Waals surface area contributed by atoms with Gasteiger partial charge >= 0.3 is 0 Å². The highest BCUT2D eigenvalue weighted by atomic mass is 16.3. The molecule has 1 N–H and O–H groups in total. The second-order valence-electron chi connectivity index (χ2n) is 6.80. The summed E-state index contributed by atoms with van der Waals surface area (Å²) >= 11 is 0. The number of fused-ring (bicyclic) bond motifs is 1. The molecule has 4 rings (SSSR count). The molecule has 6 heteroatoms. The van der Waals surface area contributed by atoms with Gasteiger partial charge in [-0.2, -0.15) is 0 Å². The molecule has 0 spiro atoms. The summed E-state index contributed by atoms with van der Waals surface area (Å²) in [5.41, 5.74) is 3.02. The van der Waals surface area contributed by atoms with Crippen molar-refractivity contribution in [3.8, 4) is 11.3 Å². The fourth-order valence-electron chi connectivity index (χ4n) is 3.55. The number of aromatic nitrogens is 3. The van der Waals surface area contributed by atoms with Crippen molar-refractivity contribution < 1.29 is 5.11 Å². The van der Waals surface area contributed by atoms with E-state index in [0.29, 0.717) is 30.3 Å². The van der Waals surface area contributed by atoms with E-state index in [2.05, 4.69) is 4.98 Å². The van der Waals surface area contributed by atoms with E-state index in [9.17, 15) is 9.90 Å². The molecule has 1 aliphatic heterocycles. The van der Waals surface area contributed by atoms with Crippen LogP contribution < -0.4 is 10.5 Å². The van der Waals surface area contributed by atoms with E-state index in [-0.39, 0.29) is 5.56 Å². The number of hydrogen-bond donors (Lipinski definition) is 1. The zero-order valence-electron chi connectivity index (χ0n) is 15.2. The first-order valence-corrected chi connectivity index (χ1v) is 9.15. The molecular weight excluding hydrogens is 340 g/mol. The average Bonchev–Trinajstić information content (AvgIpc) is 2.72. The Morgan fingerprint density at radius 2 is 1.85 bits per heavy atom. The molecule has 0 saturated carbocycles. The molecule has 3 heterocycles. The topological polar surface area (TPSA) is 71.2 Å². The van der Waals surface area contributed by atoms with Crippen LogP contribution in [0.5, 0.6) is 0 Å². The number of β-amino-alcohol motifs (C(OH)–C–C–N with tert-alkyl or cyclic N) is 1. The van der Waals surface area contributed by atoms with Crippen LogP contribution in [0.25, 0.3) is 11.3 Å². The van der Waals surface area contributed by atoms with E-state index < -0.39 is 6.10 Å². The van der Waals surface area contributed by atoms with Crippen LogP contribution in [0, 0.1) is 6.92 Å². The van der Waals surface area contributed by atoms with Crippen LogP contribution in [-0.2, 0) is 6.54 Å². The molecule has 6 nitrogen and oxygen atoms in total. The first kappa shape index (κ1) is 17.4. The zero-order valence-corrected chi connectivity index (χ0v) is 15.2. The van der Waals surface area contributed by atoms with Crippen LogP contribution in [0.4, 0.5) is 5.95 Å².